The molecule has 1 aliphatic heterocycles. The Balaban J connectivity index is 1.89. The number of piperazine rings is 1. The van der Waals surface area contributed by atoms with Gasteiger partial charge in [0.15, 0.2) is 0 Å². The van der Waals surface area contributed by atoms with E-state index in [9.17, 15) is 4.79 Å². The molecule has 1 unspecified atom stereocenters. The molecule has 0 saturated carbocycles. The van der Waals surface area contributed by atoms with Gasteiger partial charge in [0.1, 0.15) is 0 Å². The lowest BCUT2D eigenvalue weighted by Gasteiger charge is -2.39. The van der Waals surface area contributed by atoms with E-state index < -0.39 is 0 Å². The third-order valence-electron chi connectivity index (χ3n) is 3.94. The van der Waals surface area contributed by atoms with Gasteiger partial charge in [-0.1, -0.05) is 13.3 Å². The second-order valence-corrected chi connectivity index (χ2v) is 5.24. The molecule has 0 radical (unpaired) electrons. The first-order valence-corrected chi connectivity index (χ1v) is 7.39. The lowest BCUT2D eigenvalue weighted by Crippen LogP contribution is -2.53. The van der Waals surface area contributed by atoms with Crippen LogP contribution in [0.25, 0.3) is 0 Å². The number of nitrogens with two attached hydrogens (primary N) is 1. The molecular formula is C15H24N4O. The Morgan fingerprint density at radius 1 is 1.30 bits per heavy atom. The summed E-state index contributed by atoms with van der Waals surface area (Å²) in [6, 6.07) is 4.00. The summed E-state index contributed by atoms with van der Waals surface area (Å²) in [6.07, 6.45) is 5.61. The van der Waals surface area contributed by atoms with Crippen molar-refractivity contribution in [3.63, 3.8) is 0 Å². The molecule has 0 bridgehead atoms. The maximum atomic E-state index is 12.3. The average Bonchev–Trinajstić information content (AvgIpc) is 2.53. The first kappa shape index (κ1) is 14.9. The van der Waals surface area contributed by atoms with E-state index in [1.165, 1.54) is 0 Å². The third kappa shape index (κ3) is 3.55. The predicted molar refractivity (Wildman–Crippen MR) is 79.5 cm³/mol. The molecule has 1 aliphatic rings. The lowest BCUT2D eigenvalue weighted by atomic mass is 10.1. The van der Waals surface area contributed by atoms with Crippen LogP contribution in [0.15, 0.2) is 24.5 Å². The molecule has 2 rings (SSSR count). The summed E-state index contributed by atoms with van der Waals surface area (Å²) in [4.78, 5) is 20.6. The molecule has 1 fully saturated rings. The summed E-state index contributed by atoms with van der Waals surface area (Å²) in [6.45, 7) is 6.28. The Bertz CT molecular complexity index is 415. The Kier molecular flexibility index (Phi) is 5.49. The first-order chi connectivity index (χ1) is 9.76. The van der Waals surface area contributed by atoms with Crippen LogP contribution in [0.4, 0.5) is 0 Å². The van der Waals surface area contributed by atoms with Gasteiger partial charge < -0.3 is 10.6 Å². The van der Waals surface area contributed by atoms with Gasteiger partial charge in [0.2, 0.25) is 0 Å². The number of rotatable bonds is 5. The fourth-order valence-corrected chi connectivity index (χ4v) is 2.75. The van der Waals surface area contributed by atoms with Crippen molar-refractivity contribution in [2.24, 2.45) is 5.73 Å². The van der Waals surface area contributed by atoms with E-state index in [4.69, 9.17) is 5.73 Å². The van der Waals surface area contributed by atoms with E-state index in [2.05, 4.69) is 16.8 Å². The van der Waals surface area contributed by atoms with Crippen molar-refractivity contribution in [2.45, 2.75) is 25.8 Å². The van der Waals surface area contributed by atoms with Crippen LogP contribution in [0.3, 0.4) is 0 Å². The van der Waals surface area contributed by atoms with Crippen molar-refractivity contribution < 1.29 is 4.79 Å². The topological polar surface area (TPSA) is 62.5 Å². The first-order valence-electron chi connectivity index (χ1n) is 7.39. The van der Waals surface area contributed by atoms with Crippen LogP contribution in [0.5, 0.6) is 0 Å². The zero-order chi connectivity index (χ0) is 14.4. The van der Waals surface area contributed by atoms with Crippen molar-refractivity contribution in [1.29, 1.82) is 0 Å². The van der Waals surface area contributed by atoms with Crippen molar-refractivity contribution in [3.8, 4) is 0 Å². The summed E-state index contributed by atoms with van der Waals surface area (Å²) in [5.41, 5.74) is 6.57. The summed E-state index contributed by atoms with van der Waals surface area (Å²) >= 11 is 0. The molecule has 0 spiro atoms. The Morgan fingerprint density at radius 2 is 1.95 bits per heavy atom. The minimum Gasteiger partial charge on any atom is -0.336 e. The number of carbonyl (C=O) groups excluding carboxylic acids is 1. The number of aromatic nitrogens is 1. The van der Waals surface area contributed by atoms with Crippen molar-refractivity contribution in [1.82, 2.24) is 14.8 Å². The van der Waals surface area contributed by atoms with Gasteiger partial charge in [-0.05, 0) is 18.6 Å². The molecule has 1 aromatic rings. The molecule has 2 heterocycles. The molecule has 1 saturated heterocycles. The number of hydrogen-bond donors (Lipinski definition) is 1. The number of carbonyl (C=O) groups is 1. The second-order valence-electron chi connectivity index (χ2n) is 5.24. The molecule has 2 N–H and O–H groups in total. The molecule has 110 valence electrons. The minimum atomic E-state index is 0.104. The number of amides is 1. The van der Waals surface area contributed by atoms with E-state index >= 15 is 0 Å². The Hall–Kier alpha value is -1.46. The maximum Gasteiger partial charge on any atom is 0.254 e. The van der Waals surface area contributed by atoms with E-state index in [1.807, 2.05) is 4.90 Å². The molecule has 1 atom stereocenters. The minimum absolute atomic E-state index is 0.104. The molecule has 0 aliphatic carbocycles. The third-order valence-corrected chi connectivity index (χ3v) is 3.94. The quantitative estimate of drug-likeness (QED) is 0.870. The van der Waals surface area contributed by atoms with Crippen LogP contribution in [-0.4, -0.2) is 59.5 Å². The highest BCUT2D eigenvalue weighted by molar-refractivity contribution is 5.94. The van der Waals surface area contributed by atoms with Gasteiger partial charge in [0.25, 0.3) is 5.91 Å². The fraction of sp³-hybridized carbons (Fsp3) is 0.600. The summed E-state index contributed by atoms with van der Waals surface area (Å²) in [7, 11) is 0. The normalized spacial score (nSPS) is 18.0. The molecule has 1 amide bonds. The molecule has 0 aromatic carbocycles. The van der Waals surface area contributed by atoms with Crippen molar-refractivity contribution in [3.05, 3.63) is 30.1 Å². The largest absolute Gasteiger partial charge is 0.336 e. The average molecular weight is 276 g/mol. The smallest absolute Gasteiger partial charge is 0.254 e. The van der Waals surface area contributed by atoms with Gasteiger partial charge in [0, 0.05) is 56.7 Å². The van der Waals surface area contributed by atoms with Crippen LogP contribution in [0.1, 0.15) is 30.1 Å². The van der Waals surface area contributed by atoms with Crippen LogP contribution >= 0.6 is 0 Å². The highest BCUT2D eigenvalue weighted by Crippen LogP contribution is 2.12. The molecular weight excluding hydrogens is 252 g/mol. The maximum absolute atomic E-state index is 12.3. The highest BCUT2D eigenvalue weighted by atomic mass is 16.2. The van der Waals surface area contributed by atoms with Crippen LogP contribution in [-0.2, 0) is 0 Å². The highest BCUT2D eigenvalue weighted by Gasteiger charge is 2.25. The van der Waals surface area contributed by atoms with Gasteiger partial charge >= 0.3 is 0 Å². The summed E-state index contributed by atoms with van der Waals surface area (Å²) < 4.78 is 0. The van der Waals surface area contributed by atoms with Gasteiger partial charge in [-0.3, -0.25) is 14.7 Å². The van der Waals surface area contributed by atoms with Crippen LogP contribution < -0.4 is 5.73 Å². The standard InChI is InChI=1S/C15H24N4O/c1-2-3-14(12-16)18-8-10-19(11-9-18)15(20)13-4-6-17-7-5-13/h4-7,14H,2-3,8-12,16H2,1H3. The summed E-state index contributed by atoms with van der Waals surface area (Å²) in [5.74, 6) is 0.104. The number of hydrogen-bond acceptors (Lipinski definition) is 4. The predicted octanol–water partition coefficient (Wildman–Crippen LogP) is 0.967. The van der Waals surface area contributed by atoms with E-state index in [0.717, 1.165) is 44.6 Å². The zero-order valence-corrected chi connectivity index (χ0v) is 12.2. The van der Waals surface area contributed by atoms with Gasteiger partial charge in [-0.25, -0.2) is 0 Å². The van der Waals surface area contributed by atoms with Gasteiger partial charge in [-0.2, -0.15) is 0 Å². The fourth-order valence-electron chi connectivity index (χ4n) is 2.75. The SMILES string of the molecule is CCCC(CN)N1CCN(C(=O)c2ccncc2)CC1. The Labute approximate surface area is 120 Å². The zero-order valence-electron chi connectivity index (χ0n) is 12.2. The van der Waals surface area contributed by atoms with Gasteiger partial charge in [-0.15, -0.1) is 0 Å². The second kappa shape index (κ2) is 7.36. The Morgan fingerprint density at radius 3 is 2.50 bits per heavy atom. The van der Waals surface area contributed by atoms with E-state index in [1.54, 1.807) is 24.5 Å². The molecule has 5 nitrogen and oxygen atoms in total. The lowest BCUT2D eigenvalue weighted by molar-refractivity contribution is 0.0566. The van der Waals surface area contributed by atoms with E-state index in [0.29, 0.717) is 12.6 Å². The number of nitrogens with zero attached hydrogens (tertiary/aromatic N) is 3. The monoisotopic (exact) mass is 276 g/mol. The molecule has 20 heavy (non-hydrogen) atoms. The van der Waals surface area contributed by atoms with Crippen LogP contribution in [0.2, 0.25) is 0 Å². The van der Waals surface area contributed by atoms with Crippen molar-refractivity contribution in [2.75, 3.05) is 32.7 Å². The van der Waals surface area contributed by atoms with Crippen LogP contribution in [0, 0.1) is 0 Å². The summed E-state index contributed by atoms with van der Waals surface area (Å²) in [5, 5.41) is 0. The number of pyridine rings is 1. The van der Waals surface area contributed by atoms with Gasteiger partial charge in [0.05, 0.1) is 0 Å². The van der Waals surface area contributed by atoms with Crippen molar-refractivity contribution >= 4 is 5.91 Å². The molecule has 5 heteroatoms. The van der Waals surface area contributed by atoms with E-state index in [-0.39, 0.29) is 5.91 Å². The molecule has 1 aromatic heterocycles.